The molecule has 0 unspecified atom stereocenters. The molecule has 4 heteroatoms. The number of ether oxygens (including phenoxy) is 2. The van der Waals surface area contributed by atoms with E-state index in [1.165, 1.54) is 83.5 Å². The van der Waals surface area contributed by atoms with Gasteiger partial charge in [0.2, 0.25) is 0 Å². The Labute approximate surface area is 186 Å². The van der Waals surface area contributed by atoms with Crippen LogP contribution >= 0.6 is 0 Å². The van der Waals surface area contributed by atoms with Crippen molar-refractivity contribution in [2.24, 2.45) is 5.41 Å². The fraction of sp³-hybridized carbons (Fsp3) is 0.923. The Bertz CT molecular complexity index is 417. The molecule has 0 amide bonds. The maximum atomic E-state index is 12.3. The number of unbranched alkanes of at least 4 members (excludes halogenated alkanes) is 15. The van der Waals surface area contributed by atoms with Crippen LogP contribution in [0.3, 0.4) is 0 Å². The van der Waals surface area contributed by atoms with E-state index in [9.17, 15) is 9.59 Å². The third kappa shape index (κ3) is 15.7. The van der Waals surface area contributed by atoms with Gasteiger partial charge in [0.15, 0.2) is 5.41 Å². The number of carbonyl (C=O) groups excluding carboxylic acids is 2. The van der Waals surface area contributed by atoms with Crippen LogP contribution in [0.25, 0.3) is 0 Å². The van der Waals surface area contributed by atoms with Gasteiger partial charge in [-0.3, -0.25) is 9.59 Å². The Morgan fingerprint density at radius 3 is 1.07 bits per heavy atom. The topological polar surface area (TPSA) is 52.6 Å². The second-order valence-electron chi connectivity index (χ2n) is 9.20. The number of carbonyl (C=O) groups is 2. The van der Waals surface area contributed by atoms with E-state index >= 15 is 0 Å². The van der Waals surface area contributed by atoms with Crippen molar-refractivity contribution >= 4 is 11.9 Å². The van der Waals surface area contributed by atoms with Crippen LogP contribution in [-0.2, 0) is 19.1 Å². The van der Waals surface area contributed by atoms with E-state index in [4.69, 9.17) is 9.47 Å². The number of hydrogen-bond donors (Lipinski definition) is 0. The van der Waals surface area contributed by atoms with Gasteiger partial charge in [-0.2, -0.15) is 0 Å². The molecular formula is C26H50O4. The molecule has 0 fully saturated rings. The number of rotatable bonds is 21. The van der Waals surface area contributed by atoms with E-state index in [2.05, 4.69) is 13.8 Å². The zero-order chi connectivity index (χ0) is 22.5. The minimum atomic E-state index is -1.22. The molecule has 0 saturated carbocycles. The second-order valence-corrected chi connectivity index (χ2v) is 9.20. The first-order chi connectivity index (χ1) is 14.5. The average Bonchev–Trinajstić information content (AvgIpc) is 2.73. The van der Waals surface area contributed by atoms with Gasteiger partial charge in [-0.25, -0.2) is 0 Å². The van der Waals surface area contributed by atoms with Crippen molar-refractivity contribution in [1.82, 2.24) is 0 Å². The molecule has 0 saturated heterocycles. The first-order valence-corrected chi connectivity index (χ1v) is 12.8. The Balaban J connectivity index is 3.70. The van der Waals surface area contributed by atoms with Gasteiger partial charge < -0.3 is 9.47 Å². The summed E-state index contributed by atoms with van der Waals surface area (Å²) >= 11 is 0. The minimum Gasteiger partial charge on any atom is -0.465 e. The Kier molecular flexibility index (Phi) is 19.2. The molecule has 0 bridgehead atoms. The molecule has 0 aromatic rings. The van der Waals surface area contributed by atoms with E-state index in [0.717, 1.165) is 25.7 Å². The molecule has 0 rings (SSSR count). The fourth-order valence-corrected chi connectivity index (χ4v) is 3.42. The van der Waals surface area contributed by atoms with Crippen molar-refractivity contribution in [2.75, 3.05) is 13.2 Å². The third-order valence-electron chi connectivity index (χ3n) is 5.73. The summed E-state index contributed by atoms with van der Waals surface area (Å²) in [6.07, 6.45) is 20.6. The van der Waals surface area contributed by atoms with Gasteiger partial charge in [0.1, 0.15) is 0 Å². The van der Waals surface area contributed by atoms with Crippen molar-refractivity contribution in [1.29, 1.82) is 0 Å². The lowest BCUT2D eigenvalue weighted by molar-refractivity contribution is -0.169. The Morgan fingerprint density at radius 1 is 0.500 bits per heavy atom. The molecule has 0 radical (unpaired) electrons. The fourth-order valence-electron chi connectivity index (χ4n) is 3.42. The van der Waals surface area contributed by atoms with Crippen LogP contribution in [0.15, 0.2) is 0 Å². The quantitative estimate of drug-likeness (QED) is 0.107. The Morgan fingerprint density at radius 2 is 0.767 bits per heavy atom. The van der Waals surface area contributed by atoms with Crippen molar-refractivity contribution in [2.45, 2.75) is 137 Å². The lowest BCUT2D eigenvalue weighted by Crippen LogP contribution is -2.37. The van der Waals surface area contributed by atoms with Gasteiger partial charge in [0.05, 0.1) is 13.2 Å². The zero-order valence-electron chi connectivity index (χ0n) is 20.6. The largest absolute Gasteiger partial charge is 0.465 e. The molecule has 0 aliphatic rings. The molecule has 0 atom stereocenters. The maximum Gasteiger partial charge on any atom is 0.322 e. The molecule has 0 aliphatic carbocycles. The highest BCUT2D eigenvalue weighted by molar-refractivity contribution is 5.99. The molecule has 0 spiro atoms. The highest BCUT2D eigenvalue weighted by Crippen LogP contribution is 2.20. The summed E-state index contributed by atoms with van der Waals surface area (Å²) in [7, 11) is 0. The highest BCUT2D eigenvalue weighted by atomic mass is 16.6. The lowest BCUT2D eigenvalue weighted by atomic mass is 9.94. The predicted molar refractivity (Wildman–Crippen MR) is 126 cm³/mol. The first kappa shape index (κ1) is 28.9. The summed E-state index contributed by atoms with van der Waals surface area (Å²) in [6.45, 7) is 8.44. The lowest BCUT2D eigenvalue weighted by Gasteiger charge is -2.20. The van der Waals surface area contributed by atoms with E-state index in [0.29, 0.717) is 13.2 Å². The van der Waals surface area contributed by atoms with E-state index in [1.54, 1.807) is 13.8 Å². The summed E-state index contributed by atoms with van der Waals surface area (Å²) in [4.78, 5) is 24.6. The van der Waals surface area contributed by atoms with Crippen molar-refractivity contribution in [3.05, 3.63) is 0 Å². The van der Waals surface area contributed by atoms with Crippen LogP contribution in [0.1, 0.15) is 137 Å². The van der Waals surface area contributed by atoms with E-state index in [-0.39, 0.29) is 0 Å². The van der Waals surface area contributed by atoms with Gasteiger partial charge in [0.25, 0.3) is 0 Å². The van der Waals surface area contributed by atoms with Gasteiger partial charge in [-0.15, -0.1) is 0 Å². The third-order valence-corrected chi connectivity index (χ3v) is 5.73. The second kappa shape index (κ2) is 19.9. The molecule has 178 valence electrons. The Hall–Kier alpha value is -1.06. The van der Waals surface area contributed by atoms with Crippen LogP contribution in [-0.4, -0.2) is 25.2 Å². The summed E-state index contributed by atoms with van der Waals surface area (Å²) in [5.41, 5.74) is -1.22. The molecule has 0 aromatic heterocycles. The molecule has 4 nitrogen and oxygen atoms in total. The standard InChI is InChI=1S/C26H50O4/c1-5-7-9-11-13-15-17-19-21-23-30-25(28)26(3,4)24(27)29-22-20-18-16-14-12-10-8-6-2/h5-23H2,1-4H3. The van der Waals surface area contributed by atoms with Crippen LogP contribution in [0, 0.1) is 5.41 Å². The maximum absolute atomic E-state index is 12.3. The van der Waals surface area contributed by atoms with Crippen LogP contribution in [0.4, 0.5) is 0 Å². The van der Waals surface area contributed by atoms with Gasteiger partial charge >= 0.3 is 11.9 Å². The van der Waals surface area contributed by atoms with Gasteiger partial charge in [0, 0.05) is 0 Å². The highest BCUT2D eigenvalue weighted by Gasteiger charge is 2.39. The average molecular weight is 427 g/mol. The predicted octanol–water partition coefficient (Wildman–Crippen LogP) is 7.77. The summed E-state index contributed by atoms with van der Waals surface area (Å²) in [6, 6.07) is 0. The van der Waals surface area contributed by atoms with Crippen molar-refractivity contribution in [3.63, 3.8) is 0 Å². The van der Waals surface area contributed by atoms with E-state index < -0.39 is 17.4 Å². The molecule has 0 N–H and O–H groups in total. The van der Waals surface area contributed by atoms with Crippen molar-refractivity contribution in [3.8, 4) is 0 Å². The molecular weight excluding hydrogens is 376 g/mol. The molecule has 30 heavy (non-hydrogen) atoms. The number of esters is 2. The van der Waals surface area contributed by atoms with Crippen LogP contribution in [0.5, 0.6) is 0 Å². The molecule has 0 aliphatic heterocycles. The smallest absolute Gasteiger partial charge is 0.322 e. The molecule has 0 heterocycles. The van der Waals surface area contributed by atoms with E-state index in [1.807, 2.05) is 0 Å². The number of hydrogen-bond acceptors (Lipinski definition) is 4. The summed E-state index contributed by atoms with van der Waals surface area (Å²) in [5.74, 6) is -0.939. The SMILES string of the molecule is CCCCCCCCCCCOC(=O)C(C)(C)C(=O)OCCCCCCCCCC. The normalized spacial score (nSPS) is 11.5. The summed E-state index contributed by atoms with van der Waals surface area (Å²) in [5, 5.41) is 0. The van der Waals surface area contributed by atoms with Gasteiger partial charge in [-0.05, 0) is 26.7 Å². The van der Waals surface area contributed by atoms with Crippen molar-refractivity contribution < 1.29 is 19.1 Å². The zero-order valence-corrected chi connectivity index (χ0v) is 20.6. The van der Waals surface area contributed by atoms with Crippen LogP contribution < -0.4 is 0 Å². The molecule has 0 aromatic carbocycles. The summed E-state index contributed by atoms with van der Waals surface area (Å²) < 4.78 is 10.7. The first-order valence-electron chi connectivity index (χ1n) is 12.8. The monoisotopic (exact) mass is 426 g/mol. The van der Waals surface area contributed by atoms with Crippen LogP contribution in [0.2, 0.25) is 0 Å². The van der Waals surface area contributed by atoms with Gasteiger partial charge in [-0.1, -0.05) is 110 Å². The minimum absolute atomic E-state index is 0.392.